The average Bonchev–Trinajstić information content (AvgIpc) is 2.57. The van der Waals surface area contributed by atoms with Crippen molar-refractivity contribution in [1.82, 2.24) is 9.97 Å². The van der Waals surface area contributed by atoms with Crippen molar-refractivity contribution in [3.8, 4) is 5.75 Å². The van der Waals surface area contributed by atoms with Crippen LogP contribution in [-0.2, 0) is 4.79 Å². The number of piperidine rings is 1. The largest absolute Gasteiger partial charge is 0.506 e. The van der Waals surface area contributed by atoms with Crippen molar-refractivity contribution in [1.29, 1.82) is 0 Å². The van der Waals surface area contributed by atoms with Gasteiger partial charge in [-0.15, -0.1) is 0 Å². The minimum atomic E-state index is -0.348. The number of carbonyl (C=O) groups excluding carboxylic acids is 1. The van der Waals surface area contributed by atoms with E-state index in [2.05, 4.69) is 20.2 Å². The van der Waals surface area contributed by atoms with Crippen molar-refractivity contribution in [2.24, 2.45) is 0 Å². The highest BCUT2D eigenvalue weighted by molar-refractivity contribution is 5.88. The highest BCUT2D eigenvalue weighted by Crippen LogP contribution is 2.34. The number of hydrogen-bond donors (Lipinski definition) is 2. The third-order valence-corrected chi connectivity index (χ3v) is 4.17. The Bertz CT molecular complexity index is 728. The Morgan fingerprint density at radius 1 is 1.29 bits per heavy atom. The topological polar surface area (TPSA) is 78.3 Å². The summed E-state index contributed by atoms with van der Waals surface area (Å²) in [4.78, 5) is 21.7. The van der Waals surface area contributed by atoms with Crippen LogP contribution in [0.3, 0.4) is 0 Å². The van der Waals surface area contributed by atoms with E-state index in [1.165, 1.54) is 25.4 Å². The molecule has 126 valence electrons. The molecular formula is C17H19FN4O2. The first-order valence-corrected chi connectivity index (χ1v) is 7.86. The van der Waals surface area contributed by atoms with Crippen molar-refractivity contribution in [3.05, 3.63) is 42.0 Å². The van der Waals surface area contributed by atoms with E-state index in [9.17, 15) is 14.3 Å². The number of anilines is 2. The Morgan fingerprint density at radius 2 is 2.04 bits per heavy atom. The highest BCUT2D eigenvalue weighted by atomic mass is 19.1. The van der Waals surface area contributed by atoms with Crippen LogP contribution >= 0.6 is 0 Å². The SMILES string of the molecule is CC(=O)Nc1ncc(O)cc1C1CCN(c2ccc(F)cn2)CC1. The predicted octanol–water partition coefficient (Wildman–Crippen LogP) is 2.66. The van der Waals surface area contributed by atoms with Gasteiger partial charge in [0.05, 0.1) is 12.4 Å². The standard InChI is InChI=1S/C17H19FN4O2/c1-11(23)21-17-15(8-14(24)10-20-17)12-4-6-22(7-5-12)16-3-2-13(18)9-19-16/h2-3,8-10,12,24H,4-7H2,1H3,(H,20,21,23). The Labute approximate surface area is 139 Å². The normalized spacial score (nSPS) is 15.3. The summed E-state index contributed by atoms with van der Waals surface area (Å²) in [5, 5.41) is 12.4. The zero-order valence-corrected chi connectivity index (χ0v) is 13.4. The summed E-state index contributed by atoms with van der Waals surface area (Å²) in [6, 6.07) is 4.74. The molecule has 0 atom stereocenters. The van der Waals surface area contributed by atoms with E-state index < -0.39 is 0 Å². The lowest BCUT2D eigenvalue weighted by Gasteiger charge is -2.33. The molecule has 3 heterocycles. The van der Waals surface area contributed by atoms with Crippen LogP contribution in [0.1, 0.15) is 31.2 Å². The van der Waals surface area contributed by atoms with Crippen molar-refractivity contribution in [2.45, 2.75) is 25.7 Å². The molecule has 24 heavy (non-hydrogen) atoms. The fourth-order valence-electron chi connectivity index (χ4n) is 3.03. The van der Waals surface area contributed by atoms with Crippen molar-refractivity contribution < 1.29 is 14.3 Å². The van der Waals surface area contributed by atoms with Gasteiger partial charge in [0.25, 0.3) is 0 Å². The highest BCUT2D eigenvalue weighted by Gasteiger charge is 2.24. The van der Waals surface area contributed by atoms with Gasteiger partial charge in [-0.2, -0.15) is 0 Å². The molecule has 2 aromatic heterocycles. The van der Waals surface area contributed by atoms with Crippen LogP contribution in [-0.4, -0.2) is 34.1 Å². The van der Waals surface area contributed by atoms with Crippen LogP contribution in [0.2, 0.25) is 0 Å². The quantitative estimate of drug-likeness (QED) is 0.904. The minimum Gasteiger partial charge on any atom is -0.506 e. The van der Waals surface area contributed by atoms with Crippen LogP contribution in [0.25, 0.3) is 0 Å². The number of halogens is 1. The zero-order chi connectivity index (χ0) is 17.1. The summed E-state index contributed by atoms with van der Waals surface area (Å²) >= 11 is 0. The van der Waals surface area contributed by atoms with Crippen LogP contribution in [0, 0.1) is 5.82 Å². The third kappa shape index (κ3) is 3.61. The molecule has 6 nitrogen and oxygen atoms in total. The van der Waals surface area contributed by atoms with Gasteiger partial charge in [-0.25, -0.2) is 14.4 Å². The second kappa shape index (κ2) is 6.82. The van der Waals surface area contributed by atoms with Crippen molar-refractivity contribution in [3.63, 3.8) is 0 Å². The molecule has 1 fully saturated rings. The van der Waals surface area contributed by atoms with Gasteiger partial charge < -0.3 is 15.3 Å². The molecule has 3 rings (SSSR count). The van der Waals surface area contributed by atoms with E-state index in [-0.39, 0.29) is 23.4 Å². The first-order chi connectivity index (χ1) is 11.5. The van der Waals surface area contributed by atoms with E-state index in [0.29, 0.717) is 5.82 Å². The van der Waals surface area contributed by atoms with Gasteiger partial charge in [0.15, 0.2) is 0 Å². The molecule has 1 saturated heterocycles. The fourth-order valence-corrected chi connectivity index (χ4v) is 3.03. The number of carbonyl (C=O) groups is 1. The molecular weight excluding hydrogens is 311 g/mol. The Hall–Kier alpha value is -2.70. The molecule has 1 amide bonds. The first-order valence-electron chi connectivity index (χ1n) is 7.86. The first kappa shape index (κ1) is 16.2. The average molecular weight is 330 g/mol. The van der Waals surface area contributed by atoms with E-state index in [1.54, 1.807) is 12.1 Å². The number of amides is 1. The molecule has 2 aromatic rings. The predicted molar refractivity (Wildman–Crippen MR) is 88.6 cm³/mol. The molecule has 2 N–H and O–H groups in total. The molecule has 0 bridgehead atoms. The van der Waals surface area contributed by atoms with Crippen molar-refractivity contribution in [2.75, 3.05) is 23.3 Å². The van der Waals surface area contributed by atoms with E-state index in [0.717, 1.165) is 37.3 Å². The lowest BCUT2D eigenvalue weighted by molar-refractivity contribution is -0.114. The number of aromatic nitrogens is 2. The molecule has 0 aromatic carbocycles. The minimum absolute atomic E-state index is 0.0849. The van der Waals surface area contributed by atoms with E-state index in [1.807, 2.05) is 0 Å². The second-order valence-electron chi connectivity index (χ2n) is 5.91. The molecule has 0 radical (unpaired) electrons. The third-order valence-electron chi connectivity index (χ3n) is 4.17. The number of hydrogen-bond acceptors (Lipinski definition) is 5. The Balaban J connectivity index is 1.73. The molecule has 0 unspecified atom stereocenters. The molecule has 0 saturated carbocycles. The maximum absolute atomic E-state index is 13.0. The van der Waals surface area contributed by atoms with Gasteiger partial charge in [0.1, 0.15) is 23.2 Å². The van der Waals surface area contributed by atoms with Gasteiger partial charge in [-0.1, -0.05) is 0 Å². The van der Waals surface area contributed by atoms with Gasteiger partial charge in [0.2, 0.25) is 5.91 Å². The number of pyridine rings is 2. The van der Waals surface area contributed by atoms with Crippen LogP contribution < -0.4 is 10.2 Å². The maximum Gasteiger partial charge on any atom is 0.222 e. The number of aromatic hydroxyl groups is 1. The molecule has 7 heteroatoms. The van der Waals surface area contributed by atoms with E-state index in [4.69, 9.17) is 0 Å². The van der Waals surface area contributed by atoms with Gasteiger partial charge >= 0.3 is 0 Å². The summed E-state index contributed by atoms with van der Waals surface area (Å²) < 4.78 is 13.0. The summed E-state index contributed by atoms with van der Waals surface area (Å²) in [5.41, 5.74) is 0.844. The Morgan fingerprint density at radius 3 is 2.67 bits per heavy atom. The molecule has 1 aliphatic rings. The summed E-state index contributed by atoms with van der Waals surface area (Å²) in [6.07, 6.45) is 4.20. The second-order valence-corrected chi connectivity index (χ2v) is 5.91. The Kier molecular flexibility index (Phi) is 4.59. The lowest BCUT2D eigenvalue weighted by Crippen LogP contribution is -2.33. The maximum atomic E-state index is 13.0. The fraction of sp³-hybridized carbons (Fsp3) is 0.353. The van der Waals surface area contributed by atoms with Crippen LogP contribution in [0.4, 0.5) is 16.0 Å². The molecule has 0 spiro atoms. The van der Waals surface area contributed by atoms with Crippen molar-refractivity contribution >= 4 is 17.5 Å². The summed E-state index contributed by atoms with van der Waals surface area (Å²) in [7, 11) is 0. The van der Waals surface area contributed by atoms with Gasteiger partial charge in [0, 0.05) is 25.6 Å². The summed E-state index contributed by atoms with van der Waals surface area (Å²) in [6.45, 7) is 2.96. The number of nitrogens with one attached hydrogen (secondary N) is 1. The summed E-state index contributed by atoms with van der Waals surface area (Å²) in [5.74, 6) is 0.983. The van der Waals surface area contributed by atoms with Gasteiger partial charge in [-0.05, 0) is 37.0 Å². The van der Waals surface area contributed by atoms with E-state index >= 15 is 0 Å². The zero-order valence-electron chi connectivity index (χ0n) is 13.4. The monoisotopic (exact) mass is 330 g/mol. The van der Waals surface area contributed by atoms with Crippen LogP contribution in [0.15, 0.2) is 30.6 Å². The molecule has 1 aliphatic heterocycles. The smallest absolute Gasteiger partial charge is 0.222 e. The number of rotatable bonds is 3. The molecule has 0 aliphatic carbocycles. The number of nitrogens with zero attached hydrogens (tertiary/aromatic N) is 3. The van der Waals surface area contributed by atoms with Gasteiger partial charge in [-0.3, -0.25) is 4.79 Å². The van der Waals surface area contributed by atoms with Crippen LogP contribution in [0.5, 0.6) is 5.75 Å². The lowest BCUT2D eigenvalue weighted by atomic mass is 9.89.